The topological polar surface area (TPSA) is 85.1 Å². The monoisotopic (exact) mass is 417 g/mol. The largest absolute Gasteiger partial charge is 0.478 e. The molecule has 160 valence electrons. The van der Waals surface area contributed by atoms with Crippen LogP contribution in [-0.4, -0.2) is 31.6 Å². The Kier molecular flexibility index (Phi) is 7.49. The van der Waals surface area contributed by atoms with Gasteiger partial charge in [-0.3, -0.25) is 4.79 Å². The molecule has 0 aliphatic rings. The van der Waals surface area contributed by atoms with E-state index in [9.17, 15) is 14.7 Å². The van der Waals surface area contributed by atoms with Crippen molar-refractivity contribution in [3.63, 3.8) is 0 Å². The molecule has 0 atom stereocenters. The number of hydrogen-bond acceptors (Lipinski definition) is 4. The third-order valence-electron chi connectivity index (χ3n) is 5.05. The number of ketones is 1. The Morgan fingerprint density at radius 1 is 1.10 bits per heavy atom. The molecular weight excluding hydrogens is 390 g/mol. The van der Waals surface area contributed by atoms with Crippen molar-refractivity contribution in [3.05, 3.63) is 83.5 Å². The maximum Gasteiger partial charge on any atom is 0.336 e. The van der Waals surface area contributed by atoms with Gasteiger partial charge >= 0.3 is 5.97 Å². The molecule has 0 bridgehead atoms. The van der Waals surface area contributed by atoms with Crippen LogP contribution in [0.1, 0.15) is 65.5 Å². The Bertz CT molecular complexity index is 1080. The fraction of sp³-hybridized carbons (Fsp3) is 0.280. The summed E-state index contributed by atoms with van der Waals surface area (Å²) >= 11 is 0. The van der Waals surface area contributed by atoms with E-state index in [1.807, 2.05) is 49.4 Å². The number of carbonyl (C=O) groups excluding carboxylic acids is 1. The molecular formula is C25H27N3O3. The van der Waals surface area contributed by atoms with Crippen molar-refractivity contribution in [1.29, 1.82) is 0 Å². The number of allylic oxidation sites excluding steroid dienone is 2. The van der Waals surface area contributed by atoms with E-state index < -0.39 is 5.97 Å². The van der Waals surface area contributed by atoms with E-state index in [0.29, 0.717) is 24.9 Å². The summed E-state index contributed by atoms with van der Waals surface area (Å²) in [7, 11) is 0. The van der Waals surface area contributed by atoms with E-state index >= 15 is 0 Å². The minimum atomic E-state index is -0.947. The standard InChI is InChI=1S/C25H27N3O3/c1-3-5-11-22(29)24-26-23(28(27-24)16-6-4-2)17-18-12-14-19(15-13-18)20-9-7-8-10-21(20)25(30)31/h4,6-10,12-15H,3,5,11,16-17H2,1-2H3,(H,30,31)/b6-4+. The number of nitrogens with zero attached hydrogens (tertiary/aromatic N) is 3. The van der Waals surface area contributed by atoms with Crippen LogP contribution in [0.5, 0.6) is 0 Å². The minimum Gasteiger partial charge on any atom is -0.478 e. The molecule has 1 N–H and O–H groups in total. The van der Waals surface area contributed by atoms with Crippen molar-refractivity contribution >= 4 is 11.8 Å². The maximum atomic E-state index is 12.4. The van der Waals surface area contributed by atoms with Gasteiger partial charge in [0.25, 0.3) is 0 Å². The molecule has 0 saturated heterocycles. The predicted molar refractivity (Wildman–Crippen MR) is 120 cm³/mol. The van der Waals surface area contributed by atoms with Gasteiger partial charge in [-0.15, -0.1) is 5.10 Å². The van der Waals surface area contributed by atoms with Crippen LogP contribution in [0.3, 0.4) is 0 Å². The molecule has 0 saturated carbocycles. The van der Waals surface area contributed by atoms with Crippen LogP contribution >= 0.6 is 0 Å². The molecule has 0 fully saturated rings. The van der Waals surface area contributed by atoms with Gasteiger partial charge in [-0.1, -0.05) is 68.0 Å². The highest BCUT2D eigenvalue weighted by molar-refractivity contribution is 5.96. The second kappa shape index (κ2) is 10.5. The van der Waals surface area contributed by atoms with E-state index in [0.717, 1.165) is 29.8 Å². The Morgan fingerprint density at radius 3 is 2.52 bits per heavy atom. The summed E-state index contributed by atoms with van der Waals surface area (Å²) in [6.07, 6.45) is 6.70. The van der Waals surface area contributed by atoms with E-state index in [1.54, 1.807) is 22.9 Å². The second-order valence-corrected chi connectivity index (χ2v) is 7.35. The number of unbranched alkanes of at least 4 members (excludes halogenated alkanes) is 1. The van der Waals surface area contributed by atoms with Crippen molar-refractivity contribution in [1.82, 2.24) is 14.8 Å². The van der Waals surface area contributed by atoms with Gasteiger partial charge in [0.05, 0.1) is 12.1 Å². The number of hydrogen-bond donors (Lipinski definition) is 1. The predicted octanol–water partition coefficient (Wildman–Crippen LogP) is 5.18. The number of Topliss-reactive ketones (excluding diaryl/α,β-unsaturated/α-hetero) is 1. The molecule has 0 spiro atoms. The Hall–Kier alpha value is -3.54. The van der Waals surface area contributed by atoms with Crippen molar-refractivity contribution < 1.29 is 14.7 Å². The van der Waals surface area contributed by atoms with Gasteiger partial charge in [0.2, 0.25) is 11.6 Å². The first-order chi connectivity index (χ1) is 15.0. The van der Waals surface area contributed by atoms with Crippen LogP contribution in [0.15, 0.2) is 60.7 Å². The second-order valence-electron chi connectivity index (χ2n) is 7.35. The average Bonchev–Trinajstić information content (AvgIpc) is 3.19. The van der Waals surface area contributed by atoms with Crippen LogP contribution in [0.25, 0.3) is 11.1 Å². The number of carbonyl (C=O) groups is 2. The molecule has 0 aliphatic carbocycles. The fourth-order valence-electron chi connectivity index (χ4n) is 3.33. The molecule has 6 nitrogen and oxygen atoms in total. The zero-order valence-electron chi connectivity index (χ0n) is 17.9. The van der Waals surface area contributed by atoms with Gasteiger partial charge in [-0.25, -0.2) is 14.5 Å². The van der Waals surface area contributed by atoms with Crippen LogP contribution in [0, 0.1) is 0 Å². The number of carboxylic acid groups (broad SMARTS) is 1. The lowest BCUT2D eigenvalue weighted by Crippen LogP contribution is -2.06. The number of aromatic carboxylic acids is 1. The highest BCUT2D eigenvalue weighted by atomic mass is 16.4. The summed E-state index contributed by atoms with van der Waals surface area (Å²) in [5, 5.41) is 13.9. The van der Waals surface area contributed by atoms with Gasteiger partial charge in [0.1, 0.15) is 5.82 Å². The van der Waals surface area contributed by atoms with Crippen LogP contribution in [0.2, 0.25) is 0 Å². The Morgan fingerprint density at radius 2 is 1.84 bits per heavy atom. The summed E-state index contributed by atoms with van der Waals surface area (Å²) in [6.45, 7) is 4.55. The molecule has 1 heterocycles. The van der Waals surface area contributed by atoms with Crippen LogP contribution in [0.4, 0.5) is 0 Å². The molecule has 31 heavy (non-hydrogen) atoms. The van der Waals surface area contributed by atoms with Crippen LogP contribution < -0.4 is 0 Å². The summed E-state index contributed by atoms with van der Waals surface area (Å²) in [4.78, 5) is 28.4. The first-order valence-electron chi connectivity index (χ1n) is 10.5. The zero-order valence-corrected chi connectivity index (χ0v) is 17.9. The Labute approximate surface area is 182 Å². The summed E-state index contributed by atoms with van der Waals surface area (Å²) in [5.74, 6) is 0.0385. The summed E-state index contributed by atoms with van der Waals surface area (Å²) in [6, 6.07) is 14.7. The SMILES string of the molecule is C/C=C/Cn1nc(C(=O)CCCC)nc1Cc1ccc(-c2ccccc2C(=O)O)cc1. The minimum absolute atomic E-state index is 0.0250. The third kappa shape index (κ3) is 5.54. The lowest BCUT2D eigenvalue weighted by molar-refractivity contribution is 0.0697. The maximum absolute atomic E-state index is 12.4. The summed E-state index contributed by atoms with van der Waals surface area (Å²) < 4.78 is 1.77. The van der Waals surface area contributed by atoms with E-state index in [2.05, 4.69) is 17.0 Å². The third-order valence-corrected chi connectivity index (χ3v) is 5.05. The van der Waals surface area contributed by atoms with E-state index in [4.69, 9.17) is 0 Å². The molecule has 6 heteroatoms. The average molecular weight is 418 g/mol. The molecule has 3 aromatic rings. The van der Waals surface area contributed by atoms with Gasteiger partial charge in [-0.05, 0) is 36.1 Å². The smallest absolute Gasteiger partial charge is 0.336 e. The molecule has 0 unspecified atom stereocenters. The molecule has 0 aliphatic heterocycles. The molecule has 1 aromatic heterocycles. The first kappa shape index (κ1) is 22.2. The molecule has 0 radical (unpaired) electrons. The van der Waals surface area contributed by atoms with Gasteiger partial charge in [0, 0.05) is 12.8 Å². The zero-order chi connectivity index (χ0) is 22.2. The van der Waals surface area contributed by atoms with Crippen molar-refractivity contribution in [2.24, 2.45) is 0 Å². The lowest BCUT2D eigenvalue weighted by atomic mass is 9.98. The number of aromatic nitrogens is 3. The Balaban J connectivity index is 1.84. The van der Waals surface area contributed by atoms with Crippen molar-refractivity contribution in [2.75, 3.05) is 0 Å². The number of carboxylic acids is 1. The molecule has 3 rings (SSSR count). The molecule has 0 amide bonds. The summed E-state index contributed by atoms with van der Waals surface area (Å²) in [5.41, 5.74) is 2.81. The number of benzene rings is 2. The van der Waals surface area contributed by atoms with Gasteiger partial charge in [0.15, 0.2) is 0 Å². The van der Waals surface area contributed by atoms with Crippen molar-refractivity contribution in [2.45, 2.75) is 46.1 Å². The molecule has 2 aromatic carbocycles. The van der Waals surface area contributed by atoms with Crippen molar-refractivity contribution in [3.8, 4) is 11.1 Å². The normalized spacial score (nSPS) is 11.2. The highest BCUT2D eigenvalue weighted by Gasteiger charge is 2.16. The quantitative estimate of drug-likeness (QED) is 0.363. The highest BCUT2D eigenvalue weighted by Crippen LogP contribution is 2.24. The lowest BCUT2D eigenvalue weighted by Gasteiger charge is -2.08. The van der Waals surface area contributed by atoms with Crippen LogP contribution in [-0.2, 0) is 13.0 Å². The first-order valence-corrected chi connectivity index (χ1v) is 10.5. The number of rotatable bonds is 10. The van der Waals surface area contributed by atoms with Gasteiger partial charge in [-0.2, -0.15) is 0 Å². The van der Waals surface area contributed by atoms with E-state index in [-0.39, 0.29) is 17.2 Å². The van der Waals surface area contributed by atoms with Gasteiger partial charge < -0.3 is 5.11 Å². The van der Waals surface area contributed by atoms with E-state index in [1.165, 1.54) is 0 Å². The fourth-order valence-corrected chi connectivity index (χ4v) is 3.33.